The molecular formula is C19H17N5O3S3. The number of hydrogen-bond donors (Lipinski definition) is 2. The number of nitrogens with zero attached hydrogens (tertiary/aromatic N) is 3. The van der Waals surface area contributed by atoms with Crippen molar-refractivity contribution in [3.8, 4) is 10.6 Å². The van der Waals surface area contributed by atoms with E-state index in [9.17, 15) is 14.4 Å². The first-order valence-electron chi connectivity index (χ1n) is 9.01. The third-order valence-electron chi connectivity index (χ3n) is 4.21. The van der Waals surface area contributed by atoms with Crippen LogP contribution in [0.5, 0.6) is 0 Å². The van der Waals surface area contributed by atoms with Gasteiger partial charge in [-0.2, -0.15) is 0 Å². The molecule has 0 atom stereocenters. The van der Waals surface area contributed by atoms with E-state index in [0.29, 0.717) is 21.9 Å². The van der Waals surface area contributed by atoms with Crippen molar-refractivity contribution in [3.05, 3.63) is 50.5 Å². The highest BCUT2D eigenvalue weighted by molar-refractivity contribution is 7.17. The summed E-state index contributed by atoms with van der Waals surface area (Å²) in [5, 5.41) is 10.3. The zero-order chi connectivity index (χ0) is 21.1. The fourth-order valence-electron chi connectivity index (χ4n) is 2.72. The number of aryl methyl sites for hydroxylation is 1. The maximum absolute atomic E-state index is 12.4. The number of anilines is 1. The van der Waals surface area contributed by atoms with Gasteiger partial charge in [-0.3, -0.25) is 19.0 Å². The van der Waals surface area contributed by atoms with Gasteiger partial charge >= 0.3 is 0 Å². The number of rotatable bonds is 7. The summed E-state index contributed by atoms with van der Waals surface area (Å²) in [7, 11) is 0. The van der Waals surface area contributed by atoms with Gasteiger partial charge in [0.25, 0.3) is 5.56 Å². The second-order valence-electron chi connectivity index (χ2n) is 6.39. The first-order chi connectivity index (χ1) is 14.5. The third-order valence-corrected chi connectivity index (χ3v) is 6.89. The highest BCUT2D eigenvalue weighted by Gasteiger charge is 2.11. The van der Waals surface area contributed by atoms with Crippen LogP contribution in [0.4, 0.5) is 5.13 Å². The van der Waals surface area contributed by atoms with Gasteiger partial charge in [0.1, 0.15) is 4.83 Å². The lowest BCUT2D eigenvalue weighted by Crippen LogP contribution is -2.23. The summed E-state index contributed by atoms with van der Waals surface area (Å²) in [5.74, 6) is -0.289. The number of amides is 2. The maximum Gasteiger partial charge on any atom is 0.262 e. The molecule has 4 aromatic heterocycles. The lowest BCUT2D eigenvalue weighted by Gasteiger charge is -2.05. The molecule has 4 aromatic rings. The molecule has 11 heteroatoms. The van der Waals surface area contributed by atoms with E-state index in [1.165, 1.54) is 40.5 Å². The molecule has 0 saturated carbocycles. The van der Waals surface area contributed by atoms with Crippen LogP contribution in [0.3, 0.4) is 0 Å². The molecule has 0 spiro atoms. The number of hydrogen-bond acceptors (Lipinski definition) is 8. The average molecular weight is 460 g/mol. The van der Waals surface area contributed by atoms with Crippen LogP contribution in [-0.2, 0) is 22.7 Å². The summed E-state index contributed by atoms with van der Waals surface area (Å²) in [4.78, 5) is 47.1. The number of carbonyl (C=O) groups is 2. The molecule has 2 N–H and O–H groups in total. The molecule has 0 aliphatic rings. The molecule has 0 fully saturated rings. The summed E-state index contributed by atoms with van der Waals surface area (Å²) in [6.45, 7) is 2.22. The van der Waals surface area contributed by atoms with Crippen molar-refractivity contribution in [1.82, 2.24) is 19.9 Å². The minimum absolute atomic E-state index is 0.0723. The number of fused-ring (bicyclic) bond motifs is 1. The third kappa shape index (κ3) is 4.64. The standard InChI is InChI=1S/C19H17N5O3S3/c1-11(25)20-8-12-2-3-15(30-12)14-9-29-19(22-14)23-16(26)4-6-24-10-21-17-13(18(24)27)5-7-28-17/h2-3,5,7,9-10H,4,6,8H2,1H3,(H,20,25)(H,22,23,26). The van der Waals surface area contributed by atoms with Crippen LogP contribution >= 0.6 is 34.0 Å². The van der Waals surface area contributed by atoms with E-state index in [1.54, 1.807) is 17.4 Å². The SMILES string of the molecule is CC(=O)NCc1ccc(-c2csc(NC(=O)CCn3cnc4sccc4c3=O)n2)s1. The van der Waals surface area contributed by atoms with Crippen LogP contribution in [0.15, 0.2) is 40.1 Å². The molecular weight excluding hydrogens is 442 g/mol. The van der Waals surface area contributed by atoms with E-state index in [2.05, 4.69) is 20.6 Å². The first-order valence-corrected chi connectivity index (χ1v) is 11.6. The number of thiophene rings is 2. The predicted octanol–water partition coefficient (Wildman–Crippen LogP) is 3.31. The van der Waals surface area contributed by atoms with Crippen molar-refractivity contribution in [3.63, 3.8) is 0 Å². The van der Waals surface area contributed by atoms with Gasteiger partial charge in [0.2, 0.25) is 11.8 Å². The van der Waals surface area contributed by atoms with Crippen molar-refractivity contribution < 1.29 is 9.59 Å². The van der Waals surface area contributed by atoms with Gasteiger partial charge < -0.3 is 10.6 Å². The number of aromatic nitrogens is 3. The van der Waals surface area contributed by atoms with Gasteiger partial charge in [-0.15, -0.1) is 34.0 Å². The van der Waals surface area contributed by atoms with Crippen LogP contribution in [0.25, 0.3) is 20.8 Å². The Morgan fingerprint density at radius 2 is 2.07 bits per heavy atom. The topological polar surface area (TPSA) is 106 Å². The Labute approximate surface area is 183 Å². The van der Waals surface area contributed by atoms with Crippen molar-refractivity contribution in [2.45, 2.75) is 26.4 Å². The zero-order valence-corrected chi connectivity index (χ0v) is 18.3. The zero-order valence-electron chi connectivity index (χ0n) is 15.9. The molecule has 30 heavy (non-hydrogen) atoms. The predicted molar refractivity (Wildman–Crippen MR) is 120 cm³/mol. The van der Waals surface area contributed by atoms with E-state index in [-0.39, 0.29) is 30.3 Å². The molecule has 0 aromatic carbocycles. The Morgan fingerprint density at radius 3 is 2.90 bits per heavy atom. The molecule has 154 valence electrons. The Hall–Kier alpha value is -2.89. The Kier molecular flexibility index (Phi) is 6.02. The van der Waals surface area contributed by atoms with Crippen LogP contribution < -0.4 is 16.2 Å². The molecule has 8 nitrogen and oxygen atoms in total. The summed E-state index contributed by atoms with van der Waals surface area (Å²) in [6.07, 6.45) is 1.62. The van der Waals surface area contributed by atoms with Gasteiger partial charge in [-0.25, -0.2) is 9.97 Å². The van der Waals surface area contributed by atoms with Gasteiger partial charge in [0.05, 0.1) is 28.8 Å². The highest BCUT2D eigenvalue weighted by Crippen LogP contribution is 2.30. The summed E-state index contributed by atoms with van der Waals surface area (Å²) in [5.41, 5.74) is 0.635. The molecule has 0 aliphatic heterocycles. The van der Waals surface area contributed by atoms with Gasteiger partial charge in [-0.1, -0.05) is 0 Å². The second kappa shape index (κ2) is 8.86. The Morgan fingerprint density at radius 1 is 1.20 bits per heavy atom. The van der Waals surface area contributed by atoms with Crippen molar-refractivity contribution in [2.75, 3.05) is 5.32 Å². The van der Waals surface area contributed by atoms with Crippen molar-refractivity contribution in [1.29, 1.82) is 0 Å². The maximum atomic E-state index is 12.4. The second-order valence-corrected chi connectivity index (χ2v) is 9.32. The molecule has 4 heterocycles. The van der Waals surface area contributed by atoms with E-state index >= 15 is 0 Å². The average Bonchev–Trinajstić information content (AvgIpc) is 3.46. The molecule has 0 bridgehead atoms. The van der Waals surface area contributed by atoms with Crippen LogP contribution in [0.1, 0.15) is 18.2 Å². The number of thiazole rings is 1. The normalized spacial score (nSPS) is 11.0. The monoisotopic (exact) mass is 459 g/mol. The van der Waals surface area contributed by atoms with E-state index in [1.807, 2.05) is 22.9 Å². The summed E-state index contributed by atoms with van der Waals surface area (Å²) >= 11 is 4.30. The lowest BCUT2D eigenvalue weighted by atomic mass is 10.3. The van der Waals surface area contributed by atoms with Crippen LogP contribution in [-0.4, -0.2) is 26.3 Å². The fourth-order valence-corrected chi connectivity index (χ4v) is 5.16. The van der Waals surface area contributed by atoms with Gasteiger partial charge in [-0.05, 0) is 23.6 Å². The van der Waals surface area contributed by atoms with E-state index < -0.39 is 0 Å². The fraction of sp³-hybridized carbons (Fsp3) is 0.211. The molecule has 0 aliphatic carbocycles. The Balaban J connectivity index is 1.35. The van der Waals surface area contributed by atoms with Gasteiger partial charge in [0, 0.05) is 30.1 Å². The van der Waals surface area contributed by atoms with Crippen LogP contribution in [0, 0.1) is 0 Å². The summed E-state index contributed by atoms with van der Waals surface area (Å²) in [6, 6.07) is 5.64. The first kappa shape index (κ1) is 20.4. The Bertz CT molecular complexity index is 1270. The molecule has 0 radical (unpaired) electrons. The quantitative estimate of drug-likeness (QED) is 0.441. The molecule has 4 rings (SSSR count). The molecule has 0 unspecified atom stereocenters. The van der Waals surface area contributed by atoms with E-state index in [0.717, 1.165) is 15.4 Å². The molecule has 2 amide bonds. The highest BCUT2D eigenvalue weighted by atomic mass is 32.1. The van der Waals surface area contributed by atoms with Crippen LogP contribution in [0.2, 0.25) is 0 Å². The number of carbonyl (C=O) groups excluding carboxylic acids is 2. The van der Waals surface area contributed by atoms with Crippen molar-refractivity contribution >= 4 is 61.2 Å². The summed E-state index contributed by atoms with van der Waals surface area (Å²) < 4.78 is 1.45. The van der Waals surface area contributed by atoms with Crippen molar-refractivity contribution in [2.24, 2.45) is 0 Å². The number of nitrogens with one attached hydrogen (secondary N) is 2. The van der Waals surface area contributed by atoms with E-state index in [4.69, 9.17) is 0 Å². The minimum atomic E-state index is -0.217. The van der Waals surface area contributed by atoms with Gasteiger partial charge in [0.15, 0.2) is 5.13 Å². The molecule has 0 saturated heterocycles. The largest absolute Gasteiger partial charge is 0.351 e. The smallest absolute Gasteiger partial charge is 0.262 e. The lowest BCUT2D eigenvalue weighted by molar-refractivity contribution is -0.119. The minimum Gasteiger partial charge on any atom is -0.351 e.